The lowest BCUT2D eigenvalue weighted by atomic mass is 10.2. The van der Waals surface area contributed by atoms with Gasteiger partial charge in [-0.15, -0.1) is 0 Å². The van der Waals surface area contributed by atoms with Crippen molar-refractivity contribution in [1.82, 2.24) is 15.5 Å². The van der Waals surface area contributed by atoms with E-state index in [9.17, 15) is 9.59 Å². The molecule has 0 spiro atoms. The second kappa shape index (κ2) is 6.12. The van der Waals surface area contributed by atoms with Gasteiger partial charge in [-0.2, -0.15) is 0 Å². The van der Waals surface area contributed by atoms with Gasteiger partial charge < -0.3 is 20.3 Å². The Bertz CT molecular complexity index is 335. The monoisotopic (exact) mass is 271 g/mol. The van der Waals surface area contributed by atoms with Crippen molar-refractivity contribution in [3.63, 3.8) is 0 Å². The predicted octanol–water partition coefficient (Wildman–Crippen LogP) is 1.70. The van der Waals surface area contributed by atoms with Crippen molar-refractivity contribution in [3.8, 4) is 0 Å². The third kappa shape index (κ3) is 6.31. The van der Waals surface area contributed by atoms with Gasteiger partial charge in [-0.05, 0) is 40.5 Å². The van der Waals surface area contributed by atoms with Crippen LogP contribution >= 0.6 is 0 Å². The molecule has 0 radical (unpaired) electrons. The molecule has 1 fully saturated rings. The maximum atomic E-state index is 11.8. The van der Waals surface area contributed by atoms with Crippen molar-refractivity contribution in [2.75, 3.05) is 13.6 Å². The van der Waals surface area contributed by atoms with Crippen LogP contribution < -0.4 is 10.6 Å². The first-order chi connectivity index (χ1) is 8.69. The van der Waals surface area contributed by atoms with Crippen molar-refractivity contribution in [2.24, 2.45) is 0 Å². The zero-order valence-electron chi connectivity index (χ0n) is 12.4. The minimum Gasteiger partial charge on any atom is -0.444 e. The number of hydrogen-bond donors (Lipinski definition) is 2. The molecule has 0 unspecified atom stereocenters. The van der Waals surface area contributed by atoms with Crippen molar-refractivity contribution in [3.05, 3.63) is 0 Å². The molecule has 6 nitrogen and oxygen atoms in total. The lowest BCUT2D eigenvalue weighted by Crippen LogP contribution is -2.48. The minimum absolute atomic E-state index is 0.0914. The summed E-state index contributed by atoms with van der Waals surface area (Å²) >= 11 is 0. The van der Waals surface area contributed by atoms with E-state index >= 15 is 0 Å². The molecule has 3 amide bonds. The fourth-order valence-electron chi connectivity index (χ4n) is 1.39. The fourth-order valence-corrected chi connectivity index (χ4v) is 1.39. The van der Waals surface area contributed by atoms with Crippen molar-refractivity contribution in [1.29, 1.82) is 0 Å². The van der Waals surface area contributed by atoms with Crippen LogP contribution in [0.3, 0.4) is 0 Å². The molecule has 1 aliphatic rings. The Morgan fingerprint density at radius 2 is 1.95 bits per heavy atom. The second-order valence-electron chi connectivity index (χ2n) is 6.07. The Hall–Kier alpha value is -1.46. The fraction of sp³-hybridized carbons (Fsp3) is 0.846. The van der Waals surface area contributed by atoms with Gasteiger partial charge in [0.1, 0.15) is 5.60 Å². The van der Waals surface area contributed by atoms with Crippen LogP contribution in [-0.4, -0.2) is 48.3 Å². The highest BCUT2D eigenvalue weighted by Crippen LogP contribution is 2.18. The number of carbonyl (C=O) groups excluding carboxylic acids is 2. The van der Waals surface area contributed by atoms with Crippen LogP contribution in [0.4, 0.5) is 9.59 Å². The summed E-state index contributed by atoms with van der Waals surface area (Å²) in [4.78, 5) is 24.9. The molecule has 1 rings (SSSR count). The number of urea groups is 1. The summed E-state index contributed by atoms with van der Waals surface area (Å²) in [6, 6.07) is 0.147. The van der Waals surface area contributed by atoms with E-state index in [1.807, 2.05) is 27.7 Å². The van der Waals surface area contributed by atoms with Crippen LogP contribution in [0.1, 0.15) is 40.5 Å². The Kier molecular flexibility index (Phi) is 5.03. The number of carbonyl (C=O) groups is 2. The summed E-state index contributed by atoms with van der Waals surface area (Å²) in [5.74, 6) is 0. The van der Waals surface area contributed by atoms with Crippen molar-refractivity contribution in [2.45, 2.75) is 58.2 Å². The van der Waals surface area contributed by atoms with E-state index < -0.39 is 11.7 Å². The Labute approximate surface area is 114 Å². The molecule has 0 heterocycles. The van der Waals surface area contributed by atoms with Crippen LogP contribution in [0.25, 0.3) is 0 Å². The number of nitrogens with one attached hydrogen (secondary N) is 2. The van der Waals surface area contributed by atoms with E-state index in [1.54, 1.807) is 11.9 Å². The SMILES string of the molecule is C[C@@H](CNC(=O)OC(C)(C)C)N(C)C(=O)NC1CC1. The van der Waals surface area contributed by atoms with Gasteiger partial charge >= 0.3 is 12.1 Å². The van der Waals surface area contributed by atoms with E-state index in [0.717, 1.165) is 12.8 Å². The van der Waals surface area contributed by atoms with Gasteiger partial charge in [-0.3, -0.25) is 0 Å². The van der Waals surface area contributed by atoms with Gasteiger partial charge in [0.25, 0.3) is 0 Å². The van der Waals surface area contributed by atoms with Gasteiger partial charge in [0.05, 0.1) is 0 Å². The summed E-state index contributed by atoms with van der Waals surface area (Å²) in [5, 5.41) is 5.56. The van der Waals surface area contributed by atoms with Crippen molar-refractivity contribution >= 4 is 12.1 Å². The van der Waals surface area contributed by atoms with Crippen LogP contribution in [0, 0.1) is 0 Å². The molecule has 6 heteroatoms. The maximum Gasteiger partial charge on any atom is 0.407 e. The highest BCUT2D eigenvalue weighted by atomic mass is 16.6. The van der Waals surface area contributed by atoms with Crippen LogP contribution in [0.15, 0.2) is 0 Å². The summed E-state index contributed by atoms with van der Waals surface area (Å²) in [7, 11) is 1.72. The van der Waals surface area contributed by atoms with Gasteiger partial charge in [0.15, 0.2) is 0 Å². The van der Waals surface area contributed by atoms with E-state index in [4.69, 9.17) is 4.74 Å². The number of hydrogen-bond acceptors (Lipinski definition) is 3. The molecule has 0 aromatic heterocycles. The first-order valence-electron chi connectivity index (χ1n) is 6.69. The molecule has 1 aliphatic carbocycles. The first-order valence-corrected chi connectivity index (χ1v) is 6.69. The molecule has 0 bridgehead atoms. The Morgan fingerprint density at radius 3 is 2.42 bits per heavy atom. The average Bonchev–Trinajstić information content (AvgIpc) is 3.06. The van der Waals surface area contributed by atoms with Crippen LogP contribution in [-0.2, 0) is 4.74 Å². The molecule has 0 aliphatic heterocycles. The molecule has 0 aromatic carbocycles. The van der Waals surface area contributed by atoms with Gasteiger partial charge in [-0.1, -0.05) is 0 Å². The zero-order chi connectivity index (χ0) is 14.6. The highest BCUT2D eigenvalue weighted by molar-refractivity contribution is 5.75. The zero-order valence-corrected chi connectivity index (χ0v) is 12.4. The summed E-state index contributed by atoms with van der Waals surface area (Å²) in [5.41, 5.74) is -0.511. The first kappa shape index (κ1) is 15.6. The molecule has 110 valence electrons. The van der Waals surface area contributed by atoms with Crippen LogP contribution in [0.5, 0.6) is 0 Å². The number of nitrogens with zero attached hydrogens (tertiary/aromatic N) is 1. The number of ether oxygens (including phenoxy) is 1. The standard InChI is InChI=1S/C13H25N3O3/c1-9(8-14-12(18)19-13(2,3)4)16(5)11(17)15-10-6-7-10/h9-10H,6-8H2,1-5H3,(H,14,18)(H,15,17)/t9-/m0/s1. The van der Waals surface area contributed by atoms with E-state index in [1.165, 1.54) is 0 Å². The summed E-state index contributed by atoms with van der Waals surface area (Å²) in [6.45, 7) is 7.68. The third-order valence-electron chi connectivity index (χ3n) is 2.83. The summed E-state index contributed by atoms with van der Waals surface area (Å²) < 4.78 is 5.13. The maximum absolute atomic E-state index is 11.8. The normalized spacial score (nSPS) is 16.5. The smallest absolute Gasteiger partial charge is 0.407 e. The topological polar surface area (TPSA) is 70.7 Å². The molecule has 0 saturated heterocycles. The quantitative estimate of drug-likeness (QED) is 0.817. The third-order valence-corrected chi connectivity index (χ3v) is 2.83. The minimum atomic E-state index is -0.511. The van der Waals surface area contributed by atoms with Crippen molar-refractivity contribution < 1.29 is 14.3 Å². The van der Waals surface area contributed by atoms with E-state index in [0.29, 0.717) is 12.6 Å². The van der Waals surface area contributed by atoms with E-state index in [-0.39, 0.29) is 12.1 Å². The number of rotatable bonds is 4. The molecule has 1 atom stereocenters. The molecular weight excluding hydrogens is 246 g/mol. The lowest BCUT2D eigenvalue weighted by molar-refractivity contribution is 0.0515. The molecular formula is C13H25N3O3. The second-order valence-corrected chi connectivity index (χ2v) is 6.07. The lowest BCUT2D eigenvalue weighted by Gasteiger charge is -2.26. The average molecular weight is 271 g/mol. The van der Waals surface area contributed by atoms with Crippen LogP contribution in [0.2, 0.25) is 0 Å². The Morgan fingerprint density at radius 1 is 1.37 bits per heavy atom. The number of amides is 3. The van der Waals surface area contributed by atoms with Gasteiger partial charge in [0, 0.05) is 25.7 Å². The van der Waals surface area contributed by atoms with E-state index in [2.05, 4.69) is 10.6 Å². The van der Waals surface area contributed by atoms with Gasteiger partial charge in [0.2, 0.25) is 0 Å². The molecule has 0 aromatic rings. The predicted molar refractivity (Wildman–Crippen MR) is 73.0 cm³/mol. The highest BCUT2D eigenvalue weighted by Gasteiger charge is 2.26. The molecule has 1 saturated carbocycles. The van der Waals surface area contributed by atoms with Gasteiger partial charge in [-0.25, -0.2) is 9.59 Å². The summed E-state index contributed by atoms with van der Waals surface area (Å²) in [6.07, 6.45) is 1.66. The largest absolute Gasteiger partial charge is 0.444 e. The number of likely N-dealkylation sites (N-methyl/N-ethyl adjacent to an activating group) is 1. The Balaban J connectivity index is 2.27. The molecule has 2 N–H and O–H groups in total. The number of alkyl carbamates (subject to hydrolysis) is 1. The molecule has 19 heavy (non-hydrogen) atoms.